The maximum atomic E-state index is 10.1. The standard InChI is InChI=1S/C17H19N5O2/c1-24-15-4-2-3-12(15)20-17-21-14(16(23)22-17)8-10-5-6-11-13(7-10)19-9-18-11/h5-9,12,15,23H,2-4H2,1H3,(H2,20,21,22)/t12-,15-/m1/s1. The van der Waals surface area contributed by atoms with Crippen LogP contribution < -0.4 is 15.9 Å². The van der Waals surface area contributed by atoms with Gasteiger partial charge in [-0.25, -0.2) is 9.98 Å². The van der Waals surface area contributed by atoms with Gasteiger partial charge < -0.3 is 20.1 Å². The summed E-state index contributed by atoms with van der Waals surface area (Å²) in [5.41, 5.74) is 1.39. The molecule has 3 N–H and O–H groups in total. The largest absolute Gasteiger partial charge is 0.492 e. The Morgan fingerprint density at radius 2 is 2.29 bits per heavy atom. The Kier molecular flexibility index (Phi) is 3.78. The number of H-pyrrole nitrogens is 1. The second-order valence-electron chi connectivity index (χ2n) is 6.04. The SMILES string of the molecule is CO[C@@H]1CCC[C@H]1Nc1nc(O)c(C=c2ccc3c(c2)N=CN=3)[nH]1. The van der Waals surface area contributed by atoms with E-state index >= 15 is 0 Å². The summed E-state index contributed by atoms with van der Waals surface area (Å²) in [6, 6.07) is 5.97. The predicted molar refractivity (Wildman–Crippen MR) is 91.3 cm³/mol. The van der Waals surface area contributed by atoms with Crippen molar-refractivity contribution in [2.45, 2.75) is 31.4 Å². The number of aliphatic imine (C=N–C) groups is 1. The Morgan fingerprint density at radius 1 is 1.38 bits per heavy atom. The molecule has 2 aliphatic rings. The number of nitrogens with one attached hydrogen (secondary N) is 2. The fraction of sp³-hybridized carbons (Fsp3) is 0.353. The van der Waals surface area contributed by atoms with Crippen molar-refractivity contribution >= 4 is 24.1 Å². The minimum Gasteiger partial charge on any atom is -0.492 e. The molecule has 0 spiro atoms. The number of aromatic amines is 1. The molecule has 1 aliphatic heterocycles. The van der Waals surface area contributed by atoms with Gasteiger partial charge >= 0.3 is 0 Å². The molecule has 4 rings (SSSR count). The van der Waals surface area contributed by atoms with E-state index in [0.717, 1.165) is 35.5 Å². The lowest BCUT2D eigenvalue weighted by Gasteiger charge is -2.18. The third kappa shape index (κ3) is 2.78. The van der Waals surface area contributed by atoms with E-state index < -0.39 is 0 Å². The van der Waals surface area contributed by atoms with Crippen molar-refractivity contribution in [3.05, 3.63) is 34.5 Å². The van der Waals surface area contributed by atoms with Gasteiger partial charge in [-0.15, -0.1) is 0 Å². The highest BCUT2D eigenvalue weighted by molar-refractivity contribution is 5.67. The van der Waals surface area contributed by atoms with Crippen molar-refractivity contribution in [1.82, 2.24) is 9.97 Å². The molecule has 7 nitrogen and oxygen atoms in total. The number of aromatic nitrogens is 2. The van der Waals surface area contributed by atoms with Crippen molar-refractivity contribution in [2.24, 2.45) is 9.98 Å². The van der Waals surface area contributed by atoms with Crippen LogP contribution in [-0.2, 0) is 4.74 Å². The third-order valence-electron chi connectivity index (χ3n) is 4.49. The lowest BCUT2D eigenvalue weighted by Crippen LogP contribution is -2.30. The number of nitrogens with zero attached hydrogens (tertiary/aromatic N) is 3. The molecule has 0 saturated heterocycles. The number of aromatic hydroxyl groups is 1. The smallest absolute Gasteiger partial charge is 0.238 e. The fourth-order valence-corrected chi connectivity index (χ4v) is 3.26. The van der Waals surface area contributed by atoms with Crippen molar-refractivity contribution in [1.29, 1.82) is 0 Å². The summed E-state index contributed by atoms with van der Waals surface area (Å²) in [5, 5.41) is 15.2. The van der Waals surface area contributed by atoms with Crippen molar-refractivity contribution < 1.29 is 9.84 Å². The van der Waals surface area contributed by atoms with Gasteiger partial charge in [-0.3, -0.25) is 0 Å². The highest BCUT2D eigenvalue weighted by Crippen LogP contribution is 2.25. The van der Waals surface area contributed by atoms with E-state index in [1.54, 1.807) is 7.11 Å². The van der Waals surface area contributed by atoms with Crippen LogP contribution in [0.3, 0.4) is 0 Å². The highest BCUT2D eigenvalue weighted by Gasteiger charge is 2.27. The topological polar surface area (TPSA) is 94.9 Å². The maximum absolute atomic E-state index is 10.1. The molecule has 1 aliphatic carbocycles. The van der Waals surface area contributed by atoms with Gasteiger partial charge in [-0.05, 0) is 42.7 Å². The number of anilines is 1. The molecule has 0 bridgehead atoms. The summed E-state index contributed by atoms with van der Waals surface area (Å²) in [5.74, 6) is 0.528. The monoisotopic (exact) mass is 325 g/mol. The number of imidazole rings is 1. The van der Waals surface area contributed by atoms with E-state index in [1.807, 2.05) is 24.3 Å². The van der Waals surface area contributed by atoms with Crippen LogP contribution >= 0.6 is 0 Å². The number of benzene rings is 1. The Bertz CT molecular complexity index is 902. The normalized spacial score (nSPS) is 22.6. The Morgan fingerprint density at radius 3 is 3.17 bits per heavy atom. The molecule has 7 heteroatoms. The molecule has 1 aromatic heterocycles. The van der Waals surface area contributed by atoms with Crippen LogP contribution in [0, 0.1) is 0 Å². The summed E-state index contributed by atoms with van der Waals surface area (Å²) in [4.78, 5) is 15.6. The minimum absolute atomic E-state index is 0.0295. The molecule has 124 valence electrons. The number of ether oxygens (including phenoxy) is 1. The van der Waals surface area contributed by atoms with Crippen LogP contribution in [-0.4, -0.2) is 40.7 Å². The summed E-state index contributed by atoms with van der Waals surface area (Å²) >= 11 is 0. The molecule has 2 aromatic rings. The molecule has 2 atom stereocenters. The minimum atomic E-state index is -0.0295. The maximum Gasteiger partial charge on any atom is 0.238 e. The fourth-order valence-electron chi connectivity index (χ4n) is 3.26. The van der Waals surface area contributed by atoms with E-state index in [1.165, 1.54) is 6.34 Å². The van der Waals surface area contributed by atoms with E-state index in [9.17, 15) is 5.11 Å². The second-order valence-corrected chi connectivity index (χ2v) is 6.04. The third-order valence-corrected chi connectivity index (χ3v) is 4.49. The van der Waals surface area contributed by atoms with Crippen molar-refractivity contribution in [3.63, 3.8) is 0 Å². The molecule has 0 unspecified atom stereocenters. The van der Waals surface area contributed by atoms with Crippen LogP contribution in [0.4, 0.5) is 11.6 Å². The molecule has 2 heterocycles. The molecule has 1 saturated carbocycles. The molecule has 0 amide bonds. The predicted octanol–water partition coefficient (Wildman–Crippen LogP) is 1.22. The molecular weight excluding hydrogens is 306 g/mol. The summed E-state index contributed by atoms with van der Waals surface area (Å²) < 4.78 is 5.47. The van der Waals surface area contributed by atoms with Crippen molar-refractivity contribution in [2.75, 3.05) is 12.4 Å². The number of methoxy groups -OCH3 is 1. The number of hydrogen-bond acceptors (Lipinski definition) is 6. The van der Waals surface area contributed by atoms with Gasteiger partial charge in [0.2, 0.25) is 11.8 Å². The first-order valence-corrected chi connectivity index (χ1v) is 8.03. The van der Waals surface area contributed by atoms with Gasteiger partial charge in [0.05, 0.1) is 23.2 Å². The first-order chi connectivity index (χ1) is 11.7. The van der Waals surface area contributed by atoms with Crippen LogP contribution in [0.15, 0.2) is 28.2 Å². The summed E-state index contributed by atoms with van der Waals surface area (Å²) in [7, 11) is 1.73. The average Bonchev–Trinajstić information content (AvgIpc) is 3.28. The Hall–Kier alpha value is -2.67. The van der Waals surface area contributed by atoms with Crippen LogP contribution in [0.2, 0.25) is 0 Å². The van der Waals surface area contributed by atoms with E-state index in [4.69, 9.17) is 4.74 Å². The van der Waals surface area contributed by atoms with E-state index in [-0.39, 0.29) is 18.0 Å². The zero-order chi connectivity index (χ0) is 16.5. The van der Waals surface area contributed by atoms with Gasteiger partial charge in [0.1, 0.15) is 12.0 Å². The second kappa shape index (κ2) is 6.09. The van der Waals surface area contributed by atoms with Gasteiger partial charge in [0.25, 0.3) is 0 Å². The molecular formula is C17H19N5O2. The zero-order valence-electron chi connectivity index (χ0n) is 13.4. The Labute approximate surface area is 138 Å². The lowest BCUT2D eigenvalue weighted by molar-refractivity contribution is 0.101. The van der Waals surface area contributed by atoms with Crippen LogP contribution in [0.25, 0.3) is 6.08 Å². The lowest BCUT2D eigenvalue weighted by atomic mass is 10.2. The summed E-state index contributed by atoms with van der Waals surface area (Å²) in [6.45, 7) is 0. The number of hydrogen-bond donors (Lipinski definition) is 3. The van der Waals surface area contributed by atoms with Crippen LogP contribution in [0.5, 0.6) is 5.88 Å². The highest BCUT2D eigenvalue weighted by atomic mass is 16.5. The number of fused-ring (bicyclic) bond motifs is 1. The summed E-state index contributed by atoms with van der Waals surface area (Å²) in [6.07, 6.45) is 6.76. The quantitative estimate of drug-likeness (QED) is 0.787. The molecule has 1 aromatic carbocycles. The van der Waals surface area contributed by atoms with Gasteiger partial charge in [-0.2, -0.15) is 4.98 Å². The van der Waals surface area contributed by atoms with Gasteiger partial charge in [-0.1, -0.05) is 6.07 Å². The van der Waals surface area contributed by atoms with Crippen molar-refractivity contribution in [3.8, 4) is 5.88 Å². The number of rotatable bonds is 4. The zero-order valence-corrected chi connectivity index (χ0v) is 13.4. The van der Waals surface area contributed by atoms with Crippen LogP contribution in [0.1, 0.15) is 25.0 Å². The first-order valence-electron chi connectivity index (χ1n) is 8.03. The molecule has 1 fully saturated rings. The molecule has 0 radical (unpaired) electrons. The van der Waals surface area contributed by atoms with E-state index in [2.05, 4.69) is 25.3 Å². The first kappa shape index (κ1) is 14.9. The van der Waals surface area contributed by atoms with Gasteiger partial charge in [0, 0.05) is 7.11 Å². The Balaban J connectivity index is 1.59. The molecule has 24 heavy (non-hydrogen) atoms. The van der Waals surface area contributed by atoms with Gasteiger partial charge in [0.15, 0.2) is 0 Å². The van der Waals surface area contributed by atoms with E-state index in [0.29, 0.717) is 11.6 Å². The average molecular weight is 325 g/mol.